The van der Waals surface area contributed by atoms with Crippen molar-refractivity contribution < 1.29 is 9.90 Å². The standard InChI is InChI=1S/C14H12N2O2S2/c1-9-3-2-4-11-13(9)16(10-5-6-19-7-10)14(15-11)20-8-12(17)18/h2-7H,8H2,1H3,(H,17,18). The first kappa shape index (κ1) is 13.2. The zero-order chi connectivity index (χ0) is 14.1. The van der Waals surface area contributed by atoms with Gasteiger partial charge in [-0.25, -0.2) is 4.98 Å². The predicted octanol–water partition coefficient (Wildman–Crippen LogP) is 3.57. The van der Waals surface area contributed by atoms with Crippen molar-refractivity contribution in [3.63, 3.8) is 0 Å². The van der Waals surface area contributed by atoms with Gasteiger partial charge in [-0.05, 0) is 30.0 Å². The molecule has 1 N–H and O–H groups in total. The maximum Gasteiger partial charge on any atom is 0.313 e. The van der Waals surface area contributed by atoms with Crippen LogP contribution in [0.5, 0.6) is 0 Å². The molecular formula is C14H12N2O2S2. The number of imidazole rings is 1. The molecule has 0 radical (unpaired) electrons. The molecule has 20 heavy (non-hydrogen) atoms. The zero-order valence-corrected chi connectivity index (χ0v) is 12.4. The van der Waals surface area contributed by atoms with E-state index < -0.39 is 5.97 Å². The number of para-hydroxylation sites is 1. The van der Waals surface area contributed by atoms with Gasteiger partial charge in [0.15, 0.2) is 5.16 Å². The fourth-order valence-corrected chi connectivity index (χ4v) is 3.48. The Morgan fingerprint density at radius 3 is 3.00 bits per heavy atom. The third-order valence-corrected chi connectivity index (χ3v) is 4.53. The number of fused-ring (bicyclic) bond motifs is 1. The Balaban J connectivity index is 2.21. The molecule has 3 aromatic rings. The lowest BCUT2D eigenvalue weighted by molar-refractivity contribution is -0.133. The van der Waals surface area contributed by atoms with Crippen LogP contribution >= 0.6 is 23.1 Å². The SMILES string of the molecule is Cc1cccc2nc(SCC(=O)O)n(-c3ccsc3)c12. The van der Waals surface area contributed by atoms with Crippen molar-refractivity contribution in [2.45, 2.75) is 12.1 Å². The molecule has 0 unspecified atom stereocenters. The van der Waals surface area contributed by atoms with Crippen LogP contribution in [0.3, 0.4) is 0 Å². The topological polar surface area (TPSA) is 55.1 Å². The van der Waals surface area contributed by atoms with Crippen LogP contribution in [0.1, 0.15) is 5.56 Å². The van der Waals surface area contributed by atoms with Crippen molar-refractivity contribution >= 4 is 40.1 Å². The summed E-state index contributed by atoms with van der Waals surface area (Å²) >= 11 is 2.86. The first-order valence-electron chi connectivity index (χ1n) is 6.02. The number of hydrogen-bond acceptors (Lipinski definition) is 4. The quantitative estimate of drug-likeness (QED) is 0.749. The Hall–Kier alpha value is -1.79. The third kappa shape index (κ3) is 2.32. The smallest absolute Gasteiger partial charge is 0.313 e. The van der Waals surface area contributed by atoms with Gasteiger partial charge in [-0.2, -0.15) is 11.3 Å². The van der Waals surface area contributed by atoms with E-state index in [1.165, 1.54) is 11.8 Å². The van der Waals surface area contributed by atoms with Crippen molar-refractivity contribution in [3.8, 4) is 5.69 Å². The molecule has 0 aliphatic rings. The molecule has 2 heterocycles. The van der Waals surface area contributed by atoms with E-state index >= 15 is 0 Å². The molecule has 0 aliphatic heterocycles. The number of aromatic nitrogens is 2. The average Bonchev–Trinajstić information content (AvgIpc) is 3.03. The molecule has 4 nitrogen and oxygen atoms in total. The molecule has 102 valence electrons. The third-order valence-electron chi connectivity index (χ3n) is 2.94. The van der Waals surface area contributed by atoms with Gasteiger partial charge in [0.2, 0.25) is 0 Å². The molecule has 0 spiro atoms. The van der Waals surface area contributed by atoms with Crippen LogP contribution < -0.4 is 0 Å². The minimum atomic E-state index is -0.837. The number of thioether (sulfide) groups is 1. The molecule has 0 aliphatic carbocycles. The minimum absolute atomic E-state index is 0.00646. The van der Waals surface area contributed by atoms with Crippen LogP contribution in [0.25, 0.3) is 16.7 Å². The van der Waals surface area contributed by atoms with Crippen molar-refractivity contribution in [1.82, 2.24) is 9.55 Å². The summed E-state index contributed by atoms with van der Waals surface area (Å²) in [5, 5.41) is 13.6. The van der Waals surface area contributed by atoms with E-state index in [2.05, 4.69) is 4.98 Å². The maximum absolute atomic E-state index is 10.8. The average molecular weight is 304 g/mol. The summed E-state index contributed by atoms with van der Waals surface area (Å²) in [6.45, 7) is 2.04. The lowest BCUT2D eigenvalue weighted by Gasteiger charge is -2.07. The second-order valence-electron chi connectivity index (χ2n) is 4.34. The van der Waals surface area contributed by atoms with Crippen LogP contribution in [0.4, 0.5) is 0 Å². The number of benzene rings is 1. The first-order chi connectivity index (χ1) is 9.66. The Morgan fingerprint density at radius 1 is 1.45 bits per heavy atom. The molecule has 3 rings (SSSR count). The van der Waals surface area contributed by atoms with Crippen LogP contribution in [0, 0.1) is 6.92 Å². The van der Waals surface area contributed by atoms with E-state index in [-0.39, 0.29) is 5.75 Å². The van der Waals surface area contributed by atoms with Gasteiger partial charge in [-0.1, -0.05) is 23.9 Å². The Kier molecular flexibility index (Phi) is 3.50. The van der Waals surface area contributed by atoms with E-state index in [0.717, 1.165) is 27.4 Å². The zero-order valence-electron chi connectivity index (χ0n) is 10.7. The number of hydrogen-bond donors (Lipinski definition) is 1. The highest BCUT2D eigenvalue weighted by molar-refractivity contribution is 7.99. The number of carboxylic acids is 1. The normalized spacial score (nSPS) is 11.1. The van der Waals surface area contributed by atoms with Gasteiger partial charge in [-0.3, -0.25) is 9.36 Å². The van der Waals surface area contributed by atoms with Gasteiger partial charge in [0, 0.05) is 5.38 Å². The second kappa shape index (κ2) is 5.30. The predicted molar refractivity (Wildman–Crippen MR) is 82.0 cm³/mol. The highest BCUT2D eigenvalue weighted by Gasteiger charge is 2.15. The Labute approximate surface area is 124 Å². The molecule has 6 heteroatoms. The summed E-state index contributed by atoms with van der Waals surface area (Å²) in [6, 6.07) is 7.98. The minimum Gasteiger partial charge on any atom is -0.481 e. The lowest BCUT2D eigenvalue weighted by Crippen LogP contribution is -2.01. The highest BCUT2D eigenvalue weighted by atomic mass is 32.2. The number of carboxylic acid groups (broad SMARTS) is 1. The van der Waals surface area contributed by atoms with E-state index in [1.807, 2.05) is 46.5 Å². The van der Waals surface area contributed by atoms with Crippen LogP contribution in [0.15, 0.2) is 40.2 Å². The molecule has 0 saturated heterocycles. The molecule has 2 aromatic heterocycles. The van der Waals surface area contributed by atoms with E-state index in [0.29, 0.717) is 0 Å². The van der Waals surface area contributed by atoms with Crippen LogP contribution in [0.2, 0.25) is 0 Å². The summed E-state index contributed by atoms with van der Waals surface area (Å²) in [6.07, 6.45) is 0. The molecular weight excluding hydrogens is 292 g/mol. The lowest BCUT2D eigenvalue weighted by atomic mass is 10.2. The molecule has 0 fully saturated rings. The Bertz CT molecular complexity index is 763. The Morgan fingerprint density at radius 2 is 2.30 bits per heavy atom. The monoisotopic (exact) mass is 304 g/mol. The van der Waals surface area contributed by atoms with Crippen molar-refractivity contribution in [2.75, 3.05) is 5.75 Å². The number of nitrogens with zero attached hydrogens (tertiary/aromatic N) is 2. The summed E-state index contributed by atoms with van der Waals surface area (Å²) in [7, 11) is 0. The van der Waals surface area contributed by atoms with Gasteiger partial charge < -0.3 is 5.11 Å². The number of carbonyl (C=O) groups is 1. The molecule has 0 saturated carbocycles. The number of aryl methyl sites for hydroxylation is 1. The molecule has 0 amide bonds. The summed E-state index contributed by atoms with van der Waals surface area (Å²) in [4.78, 5) is 15.4. The summed E-state index contributed by atoms with van der Waals surface area (Å²) in [5.41, 5.74) is 4.09. The van der Waals surface area contributed by atoms with Crippen LogP contribution in [-0.2, 0) is 4.79 Å². The molecule has 0 atom stereocenters. The number of rotatable bonds is 4. The summed E-state index contributed by atoms with van der Waals surface area (Å²) in [5.74, 6) is -0.831. The largest absolute Gasteiger partial charge is 0.481 e. The van der Waals surface area contributed by atoms with Crippen molar-refractivity contribution in [3.05, 3.63) is 40.6 Å². The second-order valence-corrected chi connectivity index (χ2v) is 6.06. The van der Waals surface area contributed by atoms with E-state index in [9.17, 15) is 4.79 Å². The van der Waals surface area contributed by atoms with Crippen molar-refractivity contribution in [2.24, 2.45) is 0 Å². The van der Waals surface area contributed by atoms with Gasteiger partial charge in [0.25, 0.3) is 0 Å². The van der Waals surface area contributed by atoms with Gasteiger partial charge in [0.1, 0.15) is 0 Å². The van der Waals surface area contributed by atoms with Crippen molar-refractivity contribution in [1.29, 1.82) is 0 Å². The number of aliphatic carboxylic acids is 1. The van der Waals surface area contributed by atoms with E-state index in [4.69, 9.17) is 5.11 Å². The summed E-state index contributed by atoms with van der Waals surface area (Å²) < 4.78 is 2.04. The number of thiophene rings is 1. The molecule has 1 aromatic carbocycles. The molecule has 0 bridgehead atoms. The van der Waals surface area contributed by atoms with Crippen LogP contribution in [-0.4, -0.2) is 26.4 Å². The highest BCUT2D eigenvalue weighted by Crippen LogP contribution is 2.30. The fourth-order valence-electron chi connectivity index (χ4n) is 2.12. The fraction of sp³-hybridized carbons (Fsp3) is 0.143. The first-order valence-corrected chi connectivity index (χ1v) is 7.95. The van der Waals surface area contributed by atoms with Gasteiger partial charge in [-0.15, -0.1) is 0 Å². The maximum atomic E-state index is 10.8. The van der Waals surface area contributed by atoms with E-state index in [1.54, 1.807) is 11.3 Å². The van der Waals surface area contributed by atoms with Gasteiger partial charge in [0.05, 0.1) is 22.5 Å². The van der Waals surface area contributed by atoms with Gasteiger partial charge >= 0.3 is 5.97 Å².